The van der Waals surface area contributed by atoms with Crippen LogP contribution in [0.25, 0.3) is 0 Å². The van der Waals surface area contributed by atoms with Crippen molar-refractivity contribution in [3.05, 3.63) is 34.3 Å². The molecule has 0 aliphatic heterocycles. The van der Waals surface area contributed by atoms with Gasteiger partial charge in [-0.15, -0.1) is 0 Å². The van der Waals surface area contributed by atoms with E-state index in [9.17, 15) is 4.79 Å². The van der Waals surface area contributed by atoms with Gasteiger partial charge in [0.15, 0.2) is 0 Å². The fourth-order valence-electron chi connectivity index (χ4n) is 1.84. The van der Waals surface area contributed by atoms with Gasteiger partial charge in [-0.2, -0.15) is 0 Å². The summed E-state index contributed by atoms with van der Waals surface area (Å²) in [5, 5.41) is 19.7. The van der Waals surface area contributed by atoms with E-state index in [4.69, 9.17) is 16.7 Å². The van der Waals surface area contributed by atoms with Gasteiger partial charge in [-0.25, -0.2) is 0 Å². The van der Waals surface area contributed by atoms with Crippen LogP contribution in [-0.2, 0) is 0 Å². The molecule has 2 rings (SSSR count). The Labute approximate surface area is 142 Å². The average Bonchev–Trinajstić information content (AvgIpc) is 2.91. The van der Waals surface area contributed by atoms with Crippen LogP contribution >= 0.6 is 22.9 Å². The summed E-state index contributed by atoms with van der Waals surface area (Å²) < 4.78 is 1.32. The van der Waals surface area contributed by atoms with Crippen LogP contribution < -0.4 is 4.35 Å². The Kier molecular flexibility index (Phi) is 6.70. The minimum atomic E-state index is -1.14. The maximum absolute atomic E-state index is 10.7. The number of carbonyl (C=O) groups is 1. The van der Waals surface area contributed by atoms with Crippen molar-refractivity contribution in [3.63, 3.8) is 0 Å². The van der Waals surface area contributed by atoms with E-state index in [0.29, 0.717) is 16.3 Å². The van der Waals surface area contributed by atoms with Crippen LogP contribution in [0.5, 0.6) is 0 Å². The van der Waals surface area contributed by atoms with Crippen molar-refractivity contribution < 1.29 is 9.90 Å². The third-order valence-corrected chi connectivity index (χ3v) is 9.50. The van der Waals surface area contributed by atoms with Crippen molar-refractivity contribution in [1.29, 1.82) is 0 Å². The molecule has 1 heterocycles. The Morgan fingerprint density at radius 3 is 2.64 bits per heavy atom. The molecule has 0 fully saturated rings. The molecule has 1 aromatic carbocycles. The van der Waals surface area contributed by atoms with Crippen molar-refractivity contribution in [3.8, 4) is 0 Å². The summed E-state index contributed by atoms with van der Waals surface area (Å²) >= 11 is 5.74. The van der Waals surface area contributed by atoms with E-state index < -0.39 is 14.7 Å². The predicted molar refractivity (Wildman–Crippen MR) is 90.9 cm³/mol. The van der Waals surface area contributed by atoms with E-state index in [-0.39, 0.29) is 11.8 Å². The molecular formula is C14H15AsClN3O2S. The topological polar surface area (TPSA) is 74.9 Å². The van der Waals surface area contributed by atoms with Crippen molar-refractivity contribution in [2.24, 2.45) is 10.2 Å². The number of aromatic nitrogens is 1. The SMILES string of the molecule is CC[As](CCO)c1ccc(N=Nc2nc(Cl)c(C=O)s2)cc1. The first-order valence-corrected chi connectivity index (χ1v) is 11.5. The van der Waals surface area contributed by atoms with Crippen LogP contribution in [0.4, 0.5) is 10.8 Å². The number of aliphatic hydroxyl groups is 1. The number of hydrogen-bond donors (Lipinski definition) is 1. The molecule has 0 aliphatic carbocycles. The first-order valence-electron chi connectivity index (χ1n) is 6.67. The molecule has 2 aromatic rings. The molecule has 22 heavy (non-hydrogen) atoms. The van der Waals surface area contributed by atoms with Gasteiger partial charge in [-0.3, -0.25) is 0 Å². The summed E-state index contributed by atoms with van der Waals surface area (Å²) in [5.41, 5.74) is 0.719. The monoisotopic (exact) mass is 399 g/mol. The molecule has 1 atom stereocenters. The van der Waals surface area contributed by atoms with Crippen LogP contribution in [-0.4, -0.2) is 37.6 Å². The molecule has 0 spiro atoms. The number of carbonyl (C=O) groups excluding carboxylic acids is 1. The molecule has 5 nitrogen and oxygen atoms in total. The van der Waals surface area contributed by atoms with E-state index in [0.717, 1.165) is 27.4 Å². The number of thiazole rings is 1. The van der Waals surface area contributed by atoms with Crippen LogP contribution in [0.15, 0.2) is 34.5 Å². The Hall–Kier alpha value is -1.07. The first-order chi connectivity index (χ1) is 10.7. The second kappa shape index (κ2) is 8.53. The van der Waals surface area contributed by atoms with E-state index in [2.05, 4.69) is 34.3 Å². The Balaban J connectivity index is 2.09. The molecule has 1 N–H and O–H groups in total. The third kappa shape index (κ3) is 4.46. The van der Waals surface area contributed by atoms with Gasteiger partial charge >= 0.3 is 142 Å². The number of aldehydes is 1. The fraction of sp³-hybridized carbons (Fsp3) is 0.286. The second-order valence-corrected chi connectivity index (χ2v) is 11.3. The zero-order chi connectivity index (χ0) is 15.9. The number of azo groups is 1. The van der Waals surface area contributed by atoms with Crippen LogP contribution in [0.2, 0.25) is 15.6 Å². The van der Waals surface area contributed by atoms with Crippen LogP contribution in [0, 0.1) is 0 Å². The molecule has 8 heteroatoms. The molecule has 0 bridgehead atoms. The number of aliphatic hydroxyl groups excluding tert-OH is 1. The van der Waals surface area contributed by atoms with E-state index in [1.807, 2.05) is 12.1 Å². The van der Waals surface area contributed by atoms with Crippen molar-refractivity contribution in [2.75, 3.05) is 6.61 Å². The maximum atomic E-state index is 10.7. The number of nitrogens with zero attached hydrogens (tertiary/aromatic N) is 3. The Bertz CT molecular complexity index is 661. The van der Waals surface area contributed by atoms with Crippen molar-refractivity contribution in [1.82, 2.24) is 4.98 Å². The molecular weight excluding hydrogens is 385 g/mol. The summed E-state index contributed by atoms with van der Waals surface area (Å²) in [6.45, 7) is 2.42. The van der Waals surface area contributed by atoms with E-state index in [1.54, 1.807) is 0 Å². The third-order valence-electron chi connectivity index (χ3n) is 2.92. The minimum absolute atomic E-state index is 0.158. The number of rotatable bonds is 7. The molecule has 0 saturated carbocycles. The molecule has 1 aromatic heterocycles. The molecule has 0 amide bonds. The molecule has 0 saturated heterocycles. The summed E-state index contributed by atoms with van der Waals surface area (Å²) in [4.78, 5) is 15.0. The number of halogens is 1. The van der Waals surface area contributed by atoms with Gasteiger partial charge in [-0.1, -0.05) is 0 Å². The Morgan fingerprint density at radius 1 is 1.36 bits per heavy atom. The Morgan fingerprint density at radius 2 is 2.09 bits per heavy atom. The van der Waals surface area contributed by atoms with Gasteiger partial charge in [0.25, 0.3) is 0 Å². The zero-order valence-corrected chi connectivity index (χ0v) is 15.4. The van der Waals surface area contributed by atoms with Crippen molar-refractivity contribution in [2.45, 2.75) is 17.3 Å². The molecule has 0 radical (unpaired) electrons. The van der Waals surface area contributed by atoms with Gasteiger partial charge in [-0.05, 0) is 0 Å². The summed E-state index contributed by atoms with van der Waals surface area (Å²) in [5.74, 6) is 0. The van der Waals surface area contributed by atoms with E-state index >= 15 is 0 Å². The summed E-state index contributed by atoms with van der Waals surface area (Å²) in [7, 11) is 0. The normalized spacial score (nSPS) is 12.7. The van der Waals surface area contributed by atoms with Crippen molar-refractivity contribution >= 4 is 59.0 Å². The van der Waals surface area contributed by atoms with Gasteiger partial charge in [0, 0.05) is 0 Å². The number of benzene rings is 1. The first kappa shape index (κ1) is 17.3. The van der Waals surface area contributed by atoms with Gasteiger partial charge < -0.3 is 0 Å². The summed E-state index contributed by atoms with van der Waals surface area (Å²) in [6, 6.07) is 7.92. The number of hydrogen-bond acceptors (Lipinski definition) is 6. The average molecular weight is 400 g/mol. The summed E-state index contributed by atoms with van der Waals surface area (Å²) in [6.07, 6.45) is 0.657. The molecule has 1 unspecified atom stereocenters. The van der Waals surface area contributed by atoms with E-state index in [1.165, 1.54) is 4.35 Å². The van der Waals surface area contributed by atoms with Gasteiger partial charge in [0.2, 0.25) is 0 Å². The molecule has 0 aliphatic rings. The zero-order valence-electron chi connectivity index (χ0n) is 11.9. The predicted octanol–water partition coefficient (Wildman–Crippen LogP) is 3.74. The fourth-order valence-corrected chi connectivity index (χ4v) is 6.40. The van der Waals surface area contributed by atoms with Gasteiger partial charge in [0.05, 0.1) is 0 Å². The van der Waals surface area contributed by atoms with Crippen LogP contribution in [0.1, 0.15) is 16.6 Å². The molecule has 116 valence electrons. The second-order valence-electron chi connectivity index (χ2n) is 4.29. The quantitative estimate of drug-likeness (QED) is 0.438. The standard InChI is InChI=1S/C14H15AsClN3O2S/c1-2-15(7-8-20)10-3-5-11(6-4-10)18-19-14-17-13(16)12(9-21)22-14/h3-6,9,20H,2,7-8H2,1H3. The van der Waals surface area contributed by atoms with Crippen LogP contribution in [0.3, 0.4) is 0 Å². The van der Waals surface area contributed by atoms with Gasteiger partial charge in [0.1, 0.15) is 0 Å².